The molecule has 2 heterocycles. The van der Waals surface area contributed by atoms with E-state index >= 15 is 0 Å². The molecule has 1 saturated heterocycles. The Balaban J connectivity index is 1.75. The molecule has 3 aromatic rings. The van der Waals surface area contributed by atoms with Crippen molar-refractivity contribution < 1.29 is 14.7 Å². The largest absolute Gasteiger partial charge is 0.507 e. The van der Waals surface area contributed by atoms with E-state index in [4.69, 9.17) is 11.6 Å². The number of nitrogens with one attached hydrogen (secondary N) is 1. The van der Waals surface area contributed by atoms with Crippen LogP contribution in [0.5, 0.6) is 0 Å². The van der Waals surface area contributed by atoms with Gasteiger partial charge in [0, 0.05) is 40.4 Å². The predicted octanol–water partition coefficient (Wildman–Crippen LogP) is 4.88. The maximum atomic E-state index is 13.0. The van der Waals surface area contributed by atoms with Crippen molar-refractivity contribution in [2.45, 2.75) is 18.9 Å². The van der Waals surface area contributed by atoms with Gasteiger partial charge in [0.15, 0.2) is 0 Å². The van der Waals surface area contributed by atoms with E-state index < -0.39 is 17.7 Å². The lowest BCUT2D eigenvalue weighted by Gasteiger charge is -2.26. The molecular weight excluding hydrogens is 482 g/mol. The molecular formula is C23H19BrClN3O3. The fraction of sp³-hybridized carbons (Fsp3) is 0.174. The molecule has 0 radical (unpaired) electrons. The van der Waals surface area contributed by atoms with Crippen LogP contribution in [0.3, 0.4) is 0 Å². The molecule has 31 heavy (non-hydrogen) atoms. The van der Waals surface area contributed by atoms with E-state index in [1.807, 2.05) is 24.3 Å². The van der Waals surface area contributed by atoms with Crippen LogP contribution in [0, 0.1) is 0 Å². The summed E-state index contributed by atoms with van der Waals surface area (Å²) in [6.45, 7) is 0.342. The molecule has 1 amide bonds. The smallest absolute Gasteiger partial charge is 0.295 e. The number of aromatic amines is 1. The molecule has 158 valence electrons. The molecule has 1 atom stereocenters. The van der Waals surface area contributed by atoms with Crippen LogP contribution in [-0.2, 0) is 16.0 Å². The SMILES string of the molecule is O=C1C(=O)N(CCCc2ncc[nH]2)C(c2ccccc2Br)/C1=C(\O)c1ccc(Cl)cc1. The third-order valence-electron chi connectivity index (χ3n) is 5.22. The van der Waals surface area contributed by atoms with Crippen molar-refractivity contribution in [3.05, 3.63) is 92.9 Å². The lowest BCUT2D eigenvalue weighted by atomic mass is 9.95. The summed E-state index contributed by atoms with van der Waals surface area (Å²) in [5.74, 6) is -0.735. The number of benzene rings is 2. The second-order valence-electron chi connectivity index (χ2n) is 7.16. The van der Waals surface area contributed by atoms with Crippen molar-refractivity contribution in [1.82, 2.24) is 14.9 Å². The van der Waals surface area contributed by atoms with Gasteiger partial charge < -0.3 is 15.0 Å². The number of hydrogen-bond donors (Lipinski definition) is 2. The number of aryl methyl sites for hydroxylation is 1. The normalized spacial score (nSPS) is 18.0. The lowest BCUT2D eigenvalue weighted by Crippen LogP contribution is -2.31. The number of likely N-dealkylation sites (tertiary alicyclic amines) is 1. The summed E-state index contributed by atoms with van der Waals surface area (Å²) in [5, 5.41) is 11.5. The molecule has 1 unspecified atom stereocenters. The zero-order chi connectivity index (χ0) is 22.0. The average molecular weight is 501 g/mol. The maximum absolute atomic E-state index is 13.0. The molecule has 1 fully saturated rings. The number of H-pyrrole nitrogens is 1. The number of aliphatic hydroxyl groups is 1. The number of carbonyl (C=O) groups is 2. The van der Waals surface area contributed by atoms with Crippen molar-refractivity contribution in [1.29, 1.82) is 0 Å². The molecule has 0 spiro atoms. The van der Waals surface area contributed by atoms with Gasteiger partial charge in [-0.3, -0.25) is 9.59 Å². The molecule has 2 aromatic carbocycles. The van der Waals surface area contributed by atoms with Crippen LogP contribution < -0.4 is 0 Å². The zero-order valence-corrected chi connectivity index (χ0v) is 18.7. The van der Waals surface area contributed by atoms with E-state index in [0.717, 1.165) is 15.9 Å². The monoisotopic (exact) mass is 499 g/mol. The topological polar surface area (TPSA) is 86.3 Å². The van der Waals surface area contributed by atoms with Gasteiger partial charge in [-0.2, -0.15) is 0 Å². The van der Waals surface area contributed by atoms with Gasteiger partial charge in [0.1, 0.15) is 11.6 Å². The Morgan fingerprint density at radius 3 is 2.58 bits per heavy atom. The first-order chi connectivity index (χ1) is 15.0. The summed E-state index contributed by atoms with van der Waals surface area (Å²) in [6, 6.07) is 13.2. The number of nitrogens with zero attached hydrogens (tertiary/aromatic N) is 2. The van der Waals surface area contributed by atoms with E-state index in [9.17, 15) is 14.7 Å². The van der Waals surface area contributed by atoms with Gasteiger partial charge in [0.05, 0.1) is 11.6 Å². The highest BCUT2D eigenvalue weighted by atomic mass is 79.9. The Morgan fingerprint density at radius 1 is 1.16 bits per heavy atom. The van der Waals surface area contributed by atoms with Crippen LogP contribution in [-0.4, -0.2) is 38.2 Å². The third-order valence-corrected chi connectivity index (χ3v) is 6.20. The van der Waals surface area contributed by atoms with Crippen molar-refractivity contribution in [3.8, 4) is 0 Å². The summed E-state index contributed by atoms with van der Waals surface area (Å²) in [5.41, 5.74) is 1.22. The molecule has 4 rings (SSSR count). The average Bonchev–Trinajstić information content (AvgIpc) is 3.36. The molecule has 8 heteroatoms. The first-order valence-corrected chi connectivity index (χ1v) is 10.9. The van der Waals surface area contributed by atoms with Crippen LogP contribution in [0.25, 0.3) is 5.76 Å². The van der Waals surface area contributed by atoms with Gasteiger partial charge in [-0.15, -0.1) is 0 Å². The minimum atomic E-state index is -0.706. The van der Waals surface area contributed by atoms with E-state index in [2.05, 4.69) is 25.9 Å². The Hall–Kier alpha value is -2.90. The number of Topliss-reactive ketones (excluding diaryl/α,β-unsaturated/α-hetero) is 1. The van der Waals surface area contributed by atoms with E-state index in [1.54, 1.807) is 36.7 Å². The van der Waals surface area contributed by atoms with E-state index in [1.165, 1.54) is 4.90 Å². The molecule has 0 aliphatic carbocycles. The predicted molar refractivity (Wildman–Crippen MR) is 122 cm³/mol. The molecule has 1 aliphatic rings. The fourth-order valence-corrected chi connectivity index (χ4v) is 4.37. The second-order valence-corrected chi connectivity index (χ2v) is 8.45. The highest BCUT2D eigenvalue weighted by Crippen LogP contribution is 2.42. The van der Waals surface area contributed by atoms with Gasteiger partial charge >= 0.3 is 0 Å². The minimum absolute atomic E-state index is 0.0669. The highest BCUT2D eigenvalue weighted by Gasteiger charge is 2.46. The number of carbonyl (C=O) groups excluding carboxylic acids is 2. The quantitative estimate of drug-likeness (QED) is 0.287. The van der Waals surface area contributed by atoms with Crippen molar-refractivity contribution in [3.63, 3.8) is 0 Å². The van der Waals surface area contributed by atoms with E-state index in [0.29, 0.717) is 30.0 Å². The highest BCUT2D eigenvalue weighted by molar-refractivity contribution is 9.10. The Kier molecular flexibility index (Phi) is 6.25. The van der Waals surface area contributed by atoms with Gasteiger partial charge in [-0.05, 0) is 42.3 Å². The summed E-state index contributed by atoms with van der Waals surface area (Å²) in [4.78, 5) is 34.7. The van der Waals surface area contributed by atoms with E-state index in [-0.39, 0.29) is 11.3 Å². The van der Waals surface area contributed by atoms with Crippen LogP contribution in [0.2, 0.25) is 5.02 Å². The summed E-state index contributed by atoms with van der Waals surface area (Å²) in [7, 11) is 0. The number of rotatable bonds is 6. The maximum Gasteiger partial charge on any atom is 0.295 e. The standard InChI is InChI=1S/C23H19BrClN3O3/c24-17-5-2-1-4-16(17)20-19(21(29)14-7-9-15(25)10-8-14)22(30)23(31)28(20)13-3-6-18-26-11-12-27-18/h1-2,4-5,7-12,20,29H,3,6,13H2,(H,26,27)/b21-19+. The van der Waals surface area contributed by atoms with Gasteiger partial charge in [0.25, 0.3) is 11.7 Å². The molecule has 0 saturated carbocycles. The zero-order valence-electron chi connectivity index (χ0n) is 16.4. The summed E-state index contributed by atoms with van der Waals surface area (Å²) in [6.07, 6.45) is 4.67. The summed E-state index contributed by atoms with van der Waals surface area (Å²) < 4.78 is 0.750. The van der Waals surface area contributed by atoms with Crippen molar-refractivity contribution in [2.24, 2.45) is 0 Å². The molecule has 2 N–H and O–H groups in total. The van der Waals surface area contributed by atoms with Crippen LogP contribution in [0.1, 0.15) is 29.4 Å². The second kappa shape index (κ2) is 9.08. The van der Waals surface area contributed by atoms with Gasteiger partial charge in [0.2, 0.25) is 0 Å². The van der Waals surface area contributed by atoms with Gasteiger partial charge in [-0.25, -0.2) is 4.98 Å². The van der Waals surface area contributed by atoms with Crippen LogP contribution in [0.15, 0.2) is 71.0 Å². The number of halogens is 2. The van der Waals surface area contributed by atoms with Crippen LogP contribution >= 0.6 is 27.5 Å². The molecule has 6 nitrogen and oxygen atoms in total. The number of hydrogen-bond acceptors (Lipinski definition) is 4. The van der Waals surface area contributed by atoms with Crippen molar-refractivity contribution >= 4 is 45.0 Å². The number of ketones is 1. The third kappa shape index (κ3) is 4.29. The molecule has 1 aliphatic heterocycles. The van der Waals surface area contributed by atoms with Crippen LogP contribution in [0.4, 0.5) is 0 Å². The number of amides is 1. The fourth-order valence-electron chi connectivity index (χ4n) is 3.75. The number of imidazole rings is 1. The van der Waals surface area contributed by atoms with Gasteiger partial charge in [-0.1, -0.05) is 45.7 Å². The van der Waals surface area contributed by atoms with Crippen molar-refractivity contribution in [2.75, 3.05) is 6.54 Å². The Labute approximate surface area is 192 Å². The molecule has 1 aromatic heterocycles. The first-order valence-electron chi connectivity index (χ1n) is 9.74. The Morgan fingerprint density at radius 2 is 1.90 bits per heavy atom. The number of aliphatic hydroxyl groups excluding tert-OH is 1. The molecule has 0 bridgehead atoms. The Bertz CT molecular complexity index is 1140. The summed E-state index contributed by atoms with van der Waals surface area (Å²) >= 11 is 9.48. The number of aromatic nitrogens is 2. The minimum Gasteiger partial charge on any atom is -0.507 e. The first kappa shape index (κ1) is 21.3. The lowest BCUT2D eigenvalue weighted by molar-refractivity contribution is -0.139.